The zero-order chi connectivity index (χ0) is 13.8. The number of aromatic nitrogens is 3. The van der Waals surface area contributed by atoms with Crippen molar-refractivity contribution in [2.45, 2.75) is 13.0 Å². The van der Waals surface area contributed by atoms with Gasteiger partial charge >= 0.3 is 0 Å². The average Bonchev–Trinajstić information content (AvgIpc) is 2.85. The molecular formula is C13H16N4O2. The van der Waals surface area contributed by atoms with Gasteiger partial charge in [0.1, 0.15) is 5.75 Å². The van der Waals surface area contributed by atoms with Crippen LogP contribution in [0.3, 0.4) is 0 Å². The van der Waals surface area contributed by atoms with Crippen molar-refractivity contribution < 1.29 is 9.53 Å². The number of ether oxygens (including phenoxy) is 1. The third-order valence-corrected chi connectivity index (χ3v) is 2.80. The zero-order valence-corrected chi connectivity index (χ0v) is 11.1. The lowest BCUT2D eigenvalue weighted by atomic mass is 10.1. The highest BCUT2D eigenvalue weighted by Crippen LogP contribution is 2.17. The molecule has 0 aliphatic carbocycles. The molecule has 19 heavy (non-hydrogen) atoms. The largest absolute Gasteiger partial charge is 0.497 e. The Labute approximate surface area is 111 Å². The summed E-state index contributed by atoms with van der Waals surface area (Å²) < 4.78 is 6.59. The number of benzene rings is 1. The van der Waals surface area contributed by atoms with Crippen LogP contribution in [-0.4, -0.2) is 28.0 Å². The summed E-state index contributed by atoms with van der Waals surface area (Å²) in [5, 5.41) is 10.4. The Kier molecular flexibility index (Phi) is 3.79. The summed E-state index contributed by atoms with van der Waals surface area (Å²) in [6.45, 7) is 1.91. The molecule has 0 bridgehead atoms. The summed E-state index contributed by atoms with van der Waals surface area (Å²) in [5.74, 6) is 0.549. The van der Waals surface area contributed by atoms with Crippen LogP contribution in [0.4, 0.5) is 0 Å². The molecule has 0 saturated carbocycles. The summed E-state index contributed by atoms with van der Waals surface area (Å²) in [6.07, 6.45) is 1.58. The van der Waals surface area contributed by atoms with Gasteiger partial charge in [-0.25, -0.2) is 0 Å². The van der Waals surface area contributed by atoms with Crippen molar-refractivity contribution in [3.8, 4) is 5.75 Å². The van der Waals surface area contributed by atoms with Gasteiger partial charge in [0, 0.05) is 7.05 Å². The molecule has 0 fully saturated rings. The molecular weight excluding hydrogens is 244 g/mol. The number of methoxy groups -OCH3 is 1. The highest BCUT2D eigenvalue weighted by atomic mass is 16.5. The van der Waals surface area contributed by atoms with E-state index in [1.807, 2.05) is 31.2 Å². The monoisotopic (exact) mass is 260 g/mol. The van der Waals surface area contributed by atoms with E-state index in [0.717, 1.165) is 11.3 Å². The summed E-state index contributed by atoms with van der Waals surface area (Å²) in [5.41, 5.74) is 1.31. The van der Waals surface area contributed by atoms with Gasteiger partial charge in [0.15, 0.2) is 5.69 Å². The first kappa shape index (κ1) is 13.1. The Bertz CT molecular complexity index is 562. The Balaban J connectivity index is 2.03. The molecule has 1 N–H and O–H groups in total. The quantitative estimate of drug-likeness (QED) is 0.900. The van der Waals surface area contributed by atoms with E-state index in [1.165, 1.54) is 4.68 Å². The highest BCUT2D eigenvalue weighted by Gasteiger charge is 2.14. The van der Waals surface area contributed by atoms with Gasteiger partial charge in [-0.2, -0.15) is 0 Å². The van der Waals surface area contributed by atoms with Crippen LogP contribution in [0.2, 0.25) is 0 Å². The number of hydrogen-bond acceptors (Lipinski definition) is 4. The van der Waals surface area contributed by atoms with Gasteiger partial charge in [0.25, 0.3) is 5.91 Å². The predicted octanol–water partition coefficient (Wildman–Crippen LogP) is 1.31. The van der Waals surface area contributed by atoms with Gasteiger partial charge in [-0.1, -0.05) is 17.3 Å². The molecule has 6 heteroatoms. The zero-order valence-electron chi connectivity index (χ0n) is 11.1. The van der Waals surface area contributed by atoms with E-state index < -0.39 is 0 Å². The first-order valence-corrected chi connectivity index (χ1v) is 5.91. The maximum atomic E-state index is 11.9. The van der Waals surface area contributed by atoms with Crippen molar-refractivity contribution >= 4 is 5.91 Å². The van der Waals surface area contributed by atoms with Crippen molar-refractivity contribution in [2.24, 2.45) is 7.05 Å². The summed E-state index contributed by atoms with van der Waals surface area (Å²) in [7, 11) is 3.34. The first-order valence-electron chi connectivity index (χ1n) is 5.91. The van der Waals surface area contributed by atoms with Gasteiger partial charge in [-0.15, -0.1) is 5.10 Å². The van der Waals surface area contributed by atoms with Crippen LogP contribution < -0.4 is 10.1 Å². The van der Waals surface area contributed by atoms with E-state index in [-0.39, 0.29) is 11.9 Å². The minimum atomic E-state index is -0.239. The lowest BCUT2D eigenvalue weighted by Crippen LogP contribution is -2.26. The number of nitrogens with one attached hydrogen (secondary N) is 1. The molecule has 1 unspecified atom stereocenters. The molecule has 1 aromatic heterocycles. The molecule has 2 aromatic rings. The van der Waals surface area contributed by atoms with E-state index >= 15 is 0 Å². The molecule has 2 rings (SSSR count). The van der Waals surface area contributed by atoms with Gasteiger partial charge in [0.05, 0.1) is 19.3 Å². The fraction of sp³-hybridized carbons (Fsp3) is 0.308. The number of rotatable bonds is 4. The van der Waals surface area contributed by atoms with Crippen LogP contribution >= 0.6 is 0 Å². The second kappa shape index (κ2) is 5.51. The van der Waals surface area contributed by atoms with Gasteiger partial charge in [-0.05, 0) is 24.6 Å². The minimum Gasteiger partial charge on any atom is -0.497 e. The molecule has 0 radical (unpaired) electrons. The smallest absolute Gasteiger partial charge is 0.273 e. The number of nitrogens with zero attached hydrogens (tertiary/aromatic N) is 3. The van der Waals surface area contributed by atoms with Crippen LogP contribution in [0.1, 0.15) is 29.0 Å². The number of aryl methyl sites for hydroxylation is 1. The van der Waals surface area contributed by atoms with Crippen molar-refractivity contribution in [3.63, 3.8) is 0 Å². The van der Waals surface area contributed by atoms with Crippen LogP contribution in [0.5, 0.6) is 5.75 Å². The first-order chi connectivity index (χ1) is 9.10. The predicted molar refractivity (Wildman–Crippen MR) is 69.9 cm³/mol. The lowest BCUT2D eigenvalue weighted by molar-refractivity contribution is 0.0934. The maximum Gasteiger partial charge on any atom is 0.273 e. The second-order valence-electron chi connectivity index (χ2n) is 4.25. The van der Waals surface area contributed by atoms with Gasteiger partial charge in [0.2, 0.25) is 0 Å². The molecule has 6 nitrogen and oxygen atoms in total. The molecule has 0 aliphatic heterocycles. The molecule has 1 atom stereocenters. The van der Waals surface area contributed by atoms with E-state index in [2.05, 4.69) is 15.6 Å². The third-order valence-electron chi connectivity index (χ3n) is 2.80. The highest BCUT2D eigenvalue weighted by molar-refractivity contribution is 5.92. The van der Waals surface area contributed by atoms with Gasteiger partial charge in [-0.3, -0.25) is 9.48 Å². The molecule has 100 valence electrons. The van der Waals surface area contributed by atoms with Crippen molar-refractivity contribution in [2.75, 3.05) is 7.11 Å². The molecule has 0 aliphatic rings. The van der Waals surface area contributed by atoms with Crippen LogP contribution in [0.25, 0.3) is 0 Å². The molecule has 1 heterocycles. The van der Waals surface area contributed by atoms with Gasteiger partial charge < -0.3 is 10.1 Å². The second-order valence-corrected chi connectivity index (χ2v) is 4.25. The van der Waals surface area contributed by atoms with Crippen LogP contribution in [0, 0.1) is 0 Å². The fourth-order valence-electron chi connectivity index (χ4n) is 1.70. The lowest BCUT2D eigenvalue weighted by Gasteiger charge is -2.13. The normalized spacial score (nSPS) is 11.9. The summed E-state index contributed by atoms with van der Waals surface area (Å²) in [4.78, 5) is 11.9. The van der Waals surface area contributed by atoms with Crippen molar-refractivity contribution in [1.82, 2.24) is 20.3 Å². The van der Waals surface area contributed by atoms with E-state index in [0.29, 0.717) is 5.69 Å². The average molecular weight is 260 g/mol. The van der Waals surface area contributed by atoms with Crippen LogP contribution in [-0.2, 0) is 7.05 Å². The minimum absolute atomic E-state index is 0.111. The van der Waals surface area contributed by atoms with E-state index in [4.69, 9.17) is 4.74 Å². The standard InChI is InChI=1S/C13H16N4O2/c1-9(10-4-6-11(19-3)7-5-10)14-13(18)12-8-17(2)16-15-12/h4-9H,1-3H3,(H,14,18). The SMILES string of the molecule is COc1ccc(C(C)NC(=O)c2cn(C)nn2)cc1. The molecule has 0 saturated heterocycles. The van der Waals surface area contributed by atoms with Crippen molar-refractivity contribution in [3.05, 3.63) is 41.7 Å². The van der Waals surface area contributed by atoms with E-state index in [1.54, 1.807) is 20.4 Å². The fourth-order valence-corrected chi connectivity index (χ4v) is 1.70. The Morgan fingerprint density at radius 3 is 2.58 bits per heavy atom. The molecule has 1 amide bonds. The van der Waals surface area contributed by atoms with E-state index in [9.17, 15) is 4.79 Å². The topological polar surface area (TPSA) is 69.0 Å². The Morgan fingerprint density at radius 1 is 1.37 bits per heavy atom. The number of hydrogen-bond donors (Lipinski definition) is 1. The summed E-state index contributed by atoms with van der Waals surface area (Å²) >= 11 is 0. The summed E-state index contributed by atoms with van der Waals surface area (Å²) in [6, 6.07) is 7.45. The van der Waals surface area contributed by atoms with Crippen LogP contribution in [0.15, 0.2) is 30.5 Å². The Hall–Kier alpha value is -2.37. The third kappa shape index (κ3) is 3.09. The van der Waals surface area contributed by atoms with Crippen molar-refractivity contribution in [1.29, 1.82) is 0 Å². The molecule has 0 spiro atoms. The maximum absolute atomic E-state index is 11.9. The Morgan fingerprint density at radius 2 is 2.05 bits per heavy atom. The molecule has 1 aromatic carbocycles. The number of carbonyl (C=O) groups excluding carboxylic acids is 1. The number of carbonyl (C=O) groups is 1. The number of amides is 1.